The molecule has 2 aromatic rings. The molecule has 0 saturated heterocycles. The van der Waals surface area contributed by atoms with Crippen LogP contribution in [0.2, 0.25) is 10.0 Å². The van der Waals surface area contributed by atoms with Gasteiger partial charge in [0.2, 0.25) is 5.43 Å². The molecule has 1 N–H and O–H groups in total. The van der Waals surface area contributed by atoms with Crippen molar-refractivity contribution in [1.82, 2.24) is 4.98 Å². The lowest BCUT2D eigenvalue weighted by Gasteiger charge is -2.02. The highest BCUT2D eigenvalue weighted by Crippen LogP contribution is 2.26. The first-order valence-corrected chi connectivity index (χ1v) is 5.17. The highest BCUT2D eigenvalue weighted by Gasteiger charge is 2.08. The fraction of sp³-hybridized carbons (Fsp3) is 0. The highest BCUT2D eigenvalue weighted by molar-refractivity contribution is 6.42. The molecule has 5 heteroatoms. The maximum atomic E-state index is 13.0. The third-order valence-electron chi connectivity index (χ3n) is 2.13. The van der Waals surface area contributed by atoms with E-state index in [1.165, 1.54) is 12.3 Å². The molecule has 0 atom stereocenters. The Bertz CT molecular complexity index is 595. The van der Waals surface area contributed by atoms with Crippen LogP contribution in [-0.2, 0) is 0 Å². The molecule has 0 aliphatic carbocycles. The van der Waals surface area contributed by atoms with E-state index in [0.29, 0.717) is 15.6 Å². The van der Waals surface area contributed by atoms with Crippen molar-refractivity contribution in [3.05, 3.63) is 56.7 Å². The molecule has 1 aromatic heterocycles. The molecule has 82 valence electrons. The minimum atomic E-state index is -0.830. The third-order valence-corrected chi connectivity index (χ3v) is 2.87. The maximum absolute atomic E-state index is 13.0. The molecule has 0 aliphatic rings. The van der Waals surface area contributed by atoms with Gasteiger partial charge >= 0.3 is 0 Å². The van der Waals surface area contributed by atoms with E-state index in [4.69, 9.17) is 23.2 Å². The van der Waals surface area contributed by atoms with Crippen molar-refractivity contribution in [1.29, 1.82) is 0 Å². The van der Waals surface area contributed by atoms with E-state index < -0.39 is 11.2 Å². The number of nitrogens with one attached hydrogen (secondary N) is 1. The zero-order chi connectivity index (χ0) is 11.7. The Morgan fingerprint density at radius 3 is 2.56 bits per heavy atom. The van der Waals surface area contributed by atoms with E-state index in [-0.39, 0.29) is 5.56 Å². The molecule has 1 heterocycles. The average Bonchev–Trinajstić information content (AvgIpc) is 2.26. The number of hydrogen-bond donors (Lipinski definition) is 1. The normalized spacial score (nSPS) is 10.4. The predicted octanol–water partition coefficient (Wildman–Crippen LogP) is 3.49. The summed E-state index contributed by atoms with van der Waals surface area (Å²) in [5.41, 5.74) is 0.0749. The fourth-order valence-corrected chi connectivity index (χ4v) is 1.63. The van der Waals surface area contributed by atoms with Crippen LogP contribution in [0.15, 0.2) is 35.4 Å². The second-order valence-corrected chi connectivity index (χ2v) is 3.99. The summed E-state index contributed by atoms with van der Waals surface area (Å²) in [6.07, 6.45) is 2.42. The standard InChI is InChI=1S/C11H6Cl2FNO/c12-8-2-1-6(3-9(8)13)7-4-15-5-10(14)11(7)16/h1-5H,(H,15,16). The van der Waals surface area contributed by atoms with Crippen LogP contribution in [0.3, 0.4) is 0 Å². The Kier molecular flexibility index (Phi) is 2.99. The number of pyridine rings is 1. The average molecular weight is 258 g/mol. The van der Waals surface area contributed by atoms with Gasteiger partial charge in [0, 0.05) is 18.0 Å². The maximum Gasteiger partial charge on any atom is 0.224 e. The Balaban J connectivity index is 2.64. The monoisotopic (exact) mass is 257 g/mol. The molecule has 1 aromatic carbocycles. The number of halogens is 3. The van der Waals surface area contributed by atoms with Crippen LogP contribution >= 0.6 is 23.2 Å². The molecule has 0 radical (unpaired) electrons. The van der Waals surface area contributed by atoms with Crippen LogP contribution in [0.1, 0.15) is 0 Å². The van der Waals surface area contributed by atoms with Crippen molar-refractivity contribution >= 4 is 23.2 Å². The second-order valence-electron chi connectivity index (χ2n) is 3.17. The zero-order valence-electron chi connectivity index (χ0n) is 7.93. The lowest BCUT2D eigenvalue weighted by molar-refractivity contribution is 0.612. The number of benzene rings is 1. The summed E-state index contributed by atoms with van der Waals surface area (Å²) in [5, 5.41) is 0.709. The molecule has 0 amide bonds. The Morgan fingerprint density at radius 1 is 1.12 bits per heavy atom. The topological polar surface area (TPSA) is 32.9 Å². The van der Waals surface area contributed by atoms with Crippen molar-refractivity contribution in [2.24, 2.45) is 0 Å². The molecule has 2 rings (SSSR count). The van der Waals surface area contributed by atoms with Crippen LogP contribution in [0.25, 0.3) is 11.1 Å². The molecule has 2 nitrogen and oxygen atoms in total. The van der Waals surface area contributed by atoms with Gasteiger partial charge in [-0.15, -0.1) is 0 Å². The summed E-state index contributed by atoms with van der Waals surface area (Å²) in [5.74, 6) is -0.830. The number of hydrogen-bond acceptors (Lipinski definition) is 1. The minimum absolute atomic E-state index is 0.221. The first kappa shape index (κ1) is 11.2. The molecule has 0 bridgehead atoms. The van der Waals surface area contributed by atoms with Crippen LogP contribution in [0.5, 0.6) is 0 Å². The number of aromatic amines is 1. The second kappa shape index (κ2) is 4.28. The quantitative estimate of drug-likeness (QED) is 0.834. The molecule has 0 spiro atoms. The summed E-state index contributed by atoms with van der Waals surface area (Å²) >= 11 is 11.6. The van der Waals surface area contributed by atoms with Gasteiger partial charge in [0.15, 0.2) is 5.82 Å². The molecule has 0 fully saturated rings. The highest BCUT2D eigenvalue weighted by atomic mass is 35.5. The van der Waals surface area contributed by atoms with Gasteiger partial charge in [-0.05, 0) is 17.7 Å². The number of aromatic nitrogens is 1. The van der Waals surface area contributed by atoms with Gasteiger partial charge in [-0.3, -0.25) is 4.79 Å². The predicted molar refractivity (Wildman–Crippen MR) is 62.5 cm³/mol. The molecular formula is C11H6Cl2FNO. The largest absolute Gasteiger partial charge is 0.364 e. The van der Waals surface area contributed by atoms with Crippen LogP contribution in [0, 0.1) is 5.82 Å². The zero-order valence-corrected chi connectivity index (χ0v) is 9.44. The van der Waals surface area contributed by atoms with Crippen molar-refractivity contribution in [3.8, 4) is 11.1 Å². The van der Waals surface area contributed by atoms with Gasteiger partial charge in [0.05, 0.1) is 10.0 Å². The van der Waals surface area contributed by atoms with E-state index in [2.05, 4.69) is 4.98 Å². The third kappa shape index (κ3) is 1.96. The minimum Gasteiger partial charge on any atom is -0.364 e. The lowest BCUT2D eigenvalue weighted by Crippen LogP contribution is -2.09. The van der Waals surface area contributed by atoms with Crippen LogP contribution in [0.4, 0.5) is 4.39 Å². The van der Waals surface area contributed by atoms with Crippen molar-refractivity contribution < 1.29 is 4.39 Å². The first-order chi connectivity index (χ1) is 7.59. The number of rotatable bonds is 1. The van der Waals surface area contributed by atoms with Gasteiger partial charge < -0.3 is 4.98 Å². The van der Waals surface area contributed by atoms with E-state index in [1.54, 1.807) is 12.1 Å². The van der Waals surface area contributed by atoms with E-state index >= 15 is 0 Å². The Morgan fingerprint density at radius 2 is 1.88 bits per heavy atom. The van der Waals surface area contributed by atoms with Gasteiger partial charge in [0.25, 0.3) is 0 Å². The summed E-state index contributed by atoms with van der Waals surface area (Å²) in [6, 6.07) is 4.69. The van der Waals surface area contributed by atoms with Crippen molar-refractivity contribution in [2.75, 3.05) is 0 Å². The summed E-state index contributed by atoms with van der Waals surface area (Å²) < 4.78 is 13.0. The summed E-state index contributed by atoms with van der Waals surface area (Å²) in [7, 11) is 0. The molecule has 0 unspecified atom stereocenters. The van der Waals surface area contributed by atoms with Gasteiger partial charge in [-0.1, -0.05) is 29.3 Å². The summed E-state index contributed by atoms with van der Waals surface area (Å²) in [6.45, 7) is 0. The molecular weight excluding hydrogens is 252 g/mol. The van der Waals surface area contributed by atoms with Crippen molar-refractivity contribution in [3.63, 3.8) is 0 Å². The Hall–Kier alpha value is -1.32. The van der Waals surface area contributed by atoms with Gasteiger partial charge in [-0.2, -0.15) is 0 Å². The van der Waals surface area contributed by atoms with Gasteiger partial charge in [-0.25, -0.2) is 4.39 Å². The SMILES string of the molecule is O=c1c(F)c[nH]cc1-c1ccc(Cl)c(Cl)c1. The van der Waals surface area contributed by atoms with Gasteiger partial charge in [0.1, 0.15) is 0 Å². The molecule has 16 heavy (non-hydrogen) atoms. The molecule has 0 aliphatic heterocycles. The first-order valence-electron chi connectivity index (χ1n) is 4.41. The van der Waals surface area contributed by atoms with E-state index in [0.717, 1.165) is 6.20 Å². The summed E-state index contributed by atoms with van der Waals surface area (Å²) in [4.78, 5) is 14.0. The Labute approximate surface area is 101 Å². The fourth-order valence-electron chi connectivity index (χ4n) is 1.34. The van der Waals surface area contributed by atoms with E-state index in [1.807, 2.05) is 0 Å². The van der Waals surface area contributed by atoms with Crippen LogP contribution < -0.4 is 5.43 Å². The lowest BCUT2D eigenvalue weighted by atomic mass is 10.1. The van der Waals surface area contributed by atoms with Crippen LogP contribution in [-0.4, -0.2) is 4.98 Å². The van der Waals surface area contributed by atoms with Crippen molar-refractivity contribution in [2.45, 2.75) is 0 Å². The smallest absolute Gasteiger partial charge is 0.224 e. The van der Waals surface area contributed by atoms with E-state index in [9.17, 15) is 9.18 Å². The molecule has 0 saturated carbocycles. The number of H-pyrrole nitrogens is 1.